The fourth-order valence-corrected chi connectivity index (χ4v) is 3.14. The Balaban J connectivity index is 1.80. The first-order chi connectivity index (χ1) is 11.8. The van der Waals surface area contributed by atoms with Crippen LogP contribution >= 0.6 is 27.5 Å². The first-order valence-electron chi connectivity index (χ1n) is 7.33. The van der Waals surface area contributed by atoms with E-state index in [1.54, 1.807) is 32.3 Å². The van der Waals surface area contributed by atoms with E-state index < -0.39 is 0 Å². The lowest BCUT2D eigenvalue weighted by Crippen LogP contribution is -2.17. The predicted octanol–water partition coefficient (Wildman–Crippen LogP) is 3.78. The first-order valence-corrected chi connectivity index (χ1v) is 8.50. The lowest BCUT2D eigenvalue weighted by atomic mass is 10.2. The molecule has 1 aromatic carbocycles. The Bertz CT molecular complexity index is 952. The molecular weight excluding hydrogens is 413 g/mol. The molecule has 130 valence electrons. The number of amides is 1. The van der Waals surface area contributed by atoms with E-state index in [9.17, 15) is 9.18 Å². The zero-order chi connectivity index (χ0) is 18.1. The van der Waals surface area contributed by atoms with E-state index in [1.807, 2.05) is 0 Å². The number of hydrogen-bond donors (Lipinski definition) is 1. The fourth-order valence-electron chi connectivity index (χ4n) is 2.43. The standard InChI is InChI=1S/C16H14BrClFN5O/c1-9-13(17)14(23(2)21-9)16(25)20-15-12(18)8-24(22-15)7-10-4-3-5-11(19)6-10/h3-6,8H,7H2,1-2H3,(H,20,22,25). The largest absolute Gasteiger partial charge is 0.302 e. The van der Waals surface area contributed by atoms with Gasteiger partial charge in [-0.2, -0.15) is 10.2 Å². The highest BCUT2D eigenvalue weighted by Gasteiger charge is 2.20. The van der Waals surface area contributed by atoms with E-state index in [1.165, 1.54) is 21.5 Å². The lowest BCUT2D eigenvalue weighted by Gasteiger charge is -2.04. The molecule has 1 N–H and O–H groups in total. The van der Waals surface area contributed by atoms with Crippen molar-refractivity contribution in [2.45, 2.75) is 13.5 Å². The molecule has 3 rings (SSSR count). The number of anilines is 1. The molecule has 0 saturated heterocycles. The highest BCUT2D eigenvalue weighted by atomic mass is 79.9. The summed E-state index contributed by atoms with van der Waals surface area (Å²) in [5.41, 5.74) is 1.81. The van der Waals surface area contributed by atoms with E-state index in [0.717, 1.165) is 5.56 Å². The van der Waals surface area contributed by atoms with Crippen molar-refractivity contribution in [2.75, 3.05) is 5.32 Å². The van der Waals surface area contributed by atoms with Crippen molar-refractivity contribution < 1.29 is 9.18 Å². The van der Waals surface area contributed by atoms with Crippen molar-refractivity contribution in [3.05, 3.63) is 62.7 Å². The number of hydrogen-bond acceptors (Lipinski definition) is 3. The van der Waals surface area contributed by atoms with Crippen LogP contribution in [0.25, 0.3) is 0 Å². The molecule has 0 atom stereocenters. The monoisotopic (exact) mass is 425 g/mol. The van der Waals surface area contributed by atoms with E-state index in [0.29, 0.717) is 27.4 Å². The van der Waals surface area contributed by atoms with Crippen molar-refractivity contribution in [3.8, 4) is 0 Å². The van der Waals surface area contributed by atoms with Gasteiger partial charge in [-0.05, 0) is 40.5 Å². The summed E-state index contributed by atoms with van der Waals surface area (Å²) < 4.78 is 16.9. The number of nitrogens with zero attached hydrogens (tertiary/aromatic N) is 4. The van der Waals surface area contributed by atoms with Gasteiger partial charge in [-0.3, -0.25) is 14.2 Å². The topological polar surface area (TPSA) is 64.7 Å². The number of aromatic nitrogens is 4. The van der Waals surface area contributed by atoms with Gasteiger partial charge >= 0.3 is 0 Å². The van der Waals surface area contributed by atoms with Crippen LogP contribution in [-0.4, -0.2) is 25.5 Å². The third-order valence-corrected chi connectivity index (χ3v) is 4.77. The van der Waals surface area contributed by atoms with Crippen molar-refractivity contribution in [3.63, 3.8) is 0 Å². The normalized spacial score (nSPS) is 10.9. The van der Waals surface area contributed by atoms with Gasteiger partial charge in [0.1, 0.15) is 16.5 Å². The molecule has 0 saturated carbocycles. The number of benzene rings is 1. The molecule has 0 radical (unpaired) electrons. The maximum absolute atomic E-state index is 13.3. The summed E-state index contributed by atoms with van der Waals surface area (Å²) in [6.07, 6.45) is 1.58. The molecule has 9 heteroatoms. The van der Waals surface area contributed by atoms with Crippen molar-refractivity contribution >= 4 is 39.3 Å². The van der Waals surface area contributed by atoms with Crippen LogP contribution in [0.2, 0.25) is 5.02 Å². The van der Waals surface area contributed by atoms with Crippen molar-refractivity contribution in [2.24, 2.45) is 7.05 Å². The Labute approximate surface area is 156 Å². The number of aryl methyl sites for hydroxylation is 2. The van der Waals surface area contributed by atoms with E-state index in [4.69, 9.17) is 11.6 Å². The molecule has 0 aliphatic heterocycles. The molecule has 25 heavy (non-hydrogen) atoms. The third-order valence-electron chi connectivity index (χ3n) is 3.55. The molecule has 0 bridgehead atoms. The Morgan fingerprint density at radius 1 is 1.40 bits per heavy atom. The number of rotatable bonds is 4. The van der Waals surface area contributed by atoms with Gasteiger partial charge in [-0.1, -0.05) is 23.7 Å². The zero-order valence-electron chi connectivity index (χ0n) is 13.4. The van der Waals surface area contributed by atoms with Crippen LogP contribution in [0.15, 0.2) is 34.9 Å². The third kappa shape index (κ3) is 3.74. The number of halogens is 3. The molecule has 3 aromatic rings. The van der Waals surface area contributed by atoms with Crippen LogP contribution in [0, 0.1) is 12.7 Å². The smallest absolute Gasteiger partial charge is 0.276 e. The van der Waals surface area contributed by atoms with Gasteiger partial charge in [0.2, 0.25) is 0 Å². The summed E-state index contributed by atoms with van der Waals surface area (Å²) in [4.78, 5) is 12.5. The van der Waals surface area contributed by atoms with Crippen molar-refractivity contribution in [1.29, 1.82) is 0 Å². The van der Waals surface area contributed by atoms with Gasteiger partial charge in [0.15, 0.2) is 5.82 Å². The molecule has 0 unspecified atom stereocenters. The summed E-state index contributed by atoms with van der Waals surface area (Å²) in [5.74, 6) is -0.470. The molecule has 0 aliphatic carbocycles. The minimum atomic E-state index is -0.382. The van der Waals surface area contributed by atoms with Crippen molar-refractivity contribution in [1.82, 2.24) is 19.6 Å². The van der Waals surface area contributed by atoms with Gasteiger partial charge in [-0.15, -0.1) is 0 Å². The van der Waals surface area contributed by atoms with Crippen LogP contribution in [0.1, 0.15) is 21.7 Å². The molecular formula is C16H14BrClFN5O. The summed E-state index contributed by atoms with van der Waals surface area (Å²) in [6.45, 7) is 2.13. The fraction of sp³-hybridized carbons (Fsp3) is 0.188. The molecule has 0 aliphatic rings. The SMILES string of the molecule is Cc1nn(C)c(C(=O)Nc2nn(Cc3cccc(F)c3)cc2Cl)c1Br. The summed E-state index contributed by atoms with van der Waals surface area (Å²) in [7, 11) is 1.68. The zero-order valence-corrected chi connectivity index (χ0v) is 15.8. The minimum absolute atomic E-state index is 0.230. The van der Waals surface area contributed by atoms with Gasteiger partial charge in [0.25, 0.3) is 5.91 Å². The lowest BCUT2D eigenvalue weighted by molar-refractivity contribution is 0.101. The molecule has 6 nitrogen and oxygen atoms in total. The highest BCUT2D eigenvalue weighted by molar-refractivity contribution is 9.10. The van der Waals surface area contributed by atoms with Gasteiger partial charge < -0.3 is 5.32 Å². The molecule has 2 heterocycles. The Hall–Kier alpha value is -2.19. The van der Waals surface area contributed by atoms with E-state index in [-0.39, 0.29) is 17.5 Å². The Morgan fingerprint density at radius 2 is 2.16 bits per heavy atom. The van der Waals surface area contributed by atoms with Gasteiger partial charge in [-0.25, -0.2) is 4.39 Å². The second-order valence-electron chi connectivity index (χ2n) is 5.48. The van der Waals surface area contributed by atoms with Crippen LogP contribution < -0.4 is 5.32 Å². The predicted molar refractivity (Wildman–Crippen MR) is 96.3 cm³/mol. The minimum Gasteiger partial charge on any atom is -0.302 e. The summed E-state index contributed by atoms with van der Waals surface area (Å²) >= 11 is 9.50. The van der Waals surface area contributed by atoms with Crippen LogP contribution in [0.5, 0.6) is 0 Å². The Kier molecular flexibility index (Phi) is 4.91. The van der Waals surface area contributed by atoms with Gasteiger partial charge in [0.05, 0.1) is 16.7 Å². The molecule has 1 amide bonds. The van der Waals surface area contributed by atoms with Crippen LogP contribution in [-0.2, 0) is 13.6 Å². The highest BCUT2D eigenvalue weighted by Crippen LogP contribution is 2.24. The van der Waals surface area contributed by atoms with Crippen LogP contribution in [0.3, 0.4) is 0 Å². The Morgan fingerprint density at radius 3 is 2.80 bits per heavy atom. The quantitative estimate of drug-likeness (QED) is 0.690. The second kappa shape index (κ2) is 6.97. The van der Waals surface area contributed by atoms with E-state index >= 15 is 0 Å². The average molecular weight is 427 g/mol. The summed E-state index contributed by atoms with van der Waals surface area (Å²) in [5, 5.41) is 11.4. The van der Waals surface area contributed by atoms with Crippen LogP contribution in [0.4, 0.5) is 10.2 Å². The van der Waals surface area contributed by atoms with Gasteiger partial charge in [0, 0.05) is 13.2 Å². The maximum Gasteiger partial charge on any atom is 0.276 e. The molecule has 2 aromatic heterocycles. The molecule has 0 fully saturated rings. The maximum atomic E-state index is 13.3. The number of carbonyl (C=O) groups excluding carboxylic acids is 1. The molecule has 0 spiro atoms. The second-order valence-corrected chi connectivity index (χ2v) is 6.68. The number of carbonyl (C=O) groups is 1. The van der Waals surface area contributed by atoms with E-state index in [2.05, 4.69) is 31.4 Å². The first kappa shape index (κ1) is 17.6. The average Bonchev–Trinajstić information content (AvgIpc) is 2.98. The summed E-state index contributed by atoms with van der Waals surface area (Å²) in [6, 6.07) is 6.20. The number of nitrogens with one attached hydrogen (secondary N) is 1.